The predicted octanol–water partition coefficient (Wildman–Crippen LogP) is 5.84. The Morgan fingerprint density at radius 3 is 2.55 bits per heavy atom. The van der Waals surface area contributed by atoms with Crippen molar-refractivity contribution < 1.29 is 9.53 Å². The van der Waals surface area contributed by atoms with Crippen LogP contribution in [0.3, 0.4) is 0 Å². The third-order valence-corrected chi connectivity index (χ3v) is 7.15. The number of benzene rings is 1. The minimum atomic E-state index is -0.156. The molecule has 4 rings (SSSR count). The number of ether oxygens (including phenoxy) is 1. The molecule has 0 radical (unpaired) electrons. The van der Waals surface area contributed by atoms with Gasteiger partial charge in [0.25, 0.3) is 0 Å². The van der Waals surface area contributed by atoms with E-state index in [1.54, 1.807) is 18.4 Å². The van der Waals surface area contributed by atoms with E-state index in [4.69, 9.17) is 9.72 Å². The van der Waals surface area contributed by atoms with Crippen LogP contribution in [0.1, 0.15) is 52.6 Å². The van der Waals surface area contributed by atoms with E-state index in [2.05, 4.69) is 24.9 Å². The van der Waals surface area contributed by atoms with Gasteiger partial charge >= 0.3 is 0 Å². The van der Waals surface area contributed by atoms with Gasteiger partial charge in [0.1, 0.15) is 16.8 Å². The molecule has 0 saturated heterocycles. The lowest BCUT2D eigenvalue weighted by Crippen LogP contribution is -2.29. The predicted molar refractivity (Wildman–Crippen MR) is 124 cm³/mol. The zero-order chi connectivity index (χ0) is 22.2. The summed E-state index contributed by atoms with van der Waals surface area (Å²) in [5, 5.41) is 13.8. The van der Waals surface area contributed by atoms with Crippen LogP contribution >= 0.6 is 23.1 Å². The second kappa shape index (κ2) is 8.45. The minimum absolute atomic E-state index is 0.0488. The highest BCUT2D eigenvalue weighted by Gasteiger charge is 2.36. The summed E-state index contributed by atoms with van der Waals surface area (Å²) >= 11 is 3.11. The van der Waals surface area contributed by atoms with Gasteiger partial charge in [0.05, 0.1) is 29.1 Å². The van der Waals surface area contributed by atoms with E-state index in [0.717, 1.165) is 27.7 Å². The van der Waals surface area contributed by atoms with Crippen molar-refractivity contribution in [2.45, 2.75) is 44.4 Å². The summed E-state index contributed by atoms with van der Waals surface area (Å²) in [4.78, 5) is 22.6. The summed E-state index contributed by atoms with van der Waals surface area (Å²) < 4.78 is 5.28. The summed E-state index contributed by atoms with van der Waals surface area (Å²) in [6.07, 6.45) is 1.15. The first-order chi connectivity index (χ1) is 14.8. The van der Waals surface area contributed by atoms with E-state index in [0.29, 0.717) is 40.3 Å². The summed E-state index contributed by atoms with van der Waals surface area (Å²) in [6, 6.07) is 9.85. The Hall–Kier alpha value is -2.69. The number of thioether (sulfide) groups is 1. The van der Waals surface area contributed by atoms with Gasteiger partial charge in [-0.1, -0.05) is 37.7 Å². The van der Waals surface area contributed by atoms with E-state index in [9.17, 15) is 10.1 Å². The third-order valence-electron chi connectivity index (χ3n) is 5.32. The van der Waals surface area contributed by atoms with Gasteiger partial charge in [-0.3, -0.25) is 4.79 Å². The molecular formula is C24H23N3O2S2. The van der Waals surface area contributed by atoms with Crippen LogP contribution in [0, 0.1) is 23.7 Å². The molecule has 31 heavy (non-hydrogen) atoms. The van der Waals surface area contributed by atoms with Crippen LogP contribution < -0.4 is 4.74 Å². The van der Waals surface area contributed by atoms with Crippen LogP contribution in [-0.2, 0) is 12.2 Å². The Labute approximate surface area is 190 Å². The molecular weight excluding hydrogens is 426 g/mol. The number of thiazole rings is 1. The number of Topliss-reactive ketones (excluding diaryl/α,β-unsaturated/α-hetero) is 1. The molecule has 0 atom stereocenters. The number of hydrogen-bond acceptors (Lipinski definition) is 7. The highest BCUT2D eigenvalue weighted by Crippen LogP contribution is 2.42. The lowest BCUT2D eigenvalue weighted by atomic mass is 9.73. The smallest absolute Gasteiger partial charge is 0.165 e. The highest BCUT2D eigenvalue weighted by atomic mass is 32.2. The van der Waals surface area contributed by atoms with Gasteiger partial charge in [-0.25, -0.2) is 9.97 Å². The van der Waals surface area contributed by atoms with Gasteiger partial charge < -0.3 is 4.74 Å². The summed E-state index contributed by atoms with van der Waals surface area (Å²) in [7, 11) is 1.62. The van der Waals surface area contributed by atoms with E-state index < -0.39 is 0 Å². The molecule has 2 aromatic heterocycles. The van der Waals surface area contributed by atoms with Crippen molar-refractivity contribution in [3.05, 3.63) is 57.2 Å². The fourth-order valence-electron chi connectivity index (χ4n) is 3.95. The first-order valence-electron chi connectivity index (χ1n) is 9.99. The van der Waals surface area contributed by atoms with E-state index >= 15 is 0 Å². The Bertz CT molecular complexity index is 1190. The van der Waals surface area contributed by atoms with Gasteiger partial charge in [0.15, 0.2) is 5.78 Å². The number of pyridine rings is 1. The number of rotatable bonds is 5. The lowest BCUT2D eigenvalue weighted by molar-refractivity contribution is 0.0910. The van der Waals surface area contributed by atoms with Crippen molar-refractivity contribution in [1.29, 1.82) is 5.26 Å². The molecule has 0 saturated carbocycles. The number of nitrogens with zero attached hydrogens (tertiary/aromatic N) is 3. The summed E-state index contributed by atoms with van der Waals surface area (Å²) in [5.74, 6) is 1.41. The van der Waals surface area contributed by atoms with Crippen molar-refractivity contribution in [2.75, 3.05) is 7.11 Å². The van der Waals surface area contributed by atoms with Gasteiger partial charge in [0, 0.05) is 28.7 Å². The van der Waals surface area contributed by atoms with Crippen LogP contribution in [0.15, 0.2) is 34.7 Å². The largest absolute Gasteiger partial charge is 0.497 e. The molecule has 2 heterocycles. The Morgan fingerprint density at radius 2 is 1.94 bits per heavy atom. The first-order valence-corrected chi connectivity index (χ1v) is 11.9. The van der Waals surface area contributed by atoms with Gasteiger partial charge in [-0.15, -0.1) is 11.3 Å². The quantitative estimate of drug-likeness (QED) is 0.455. The van der Waals surface area contributed by atoms with Gasteiger partial charge in [-0.05, 0) is 36.5 Å². The molecule has 1 aromatic carbocycles. The number of carbonyl (C=O) groups is 1. The maximum atomic E-state index is 13.2. The lowest BCUT2D eigenvalue weighted by Gasteiger charge is -2.31. The average molecular weight is 450 g/mol. The fourth-order valence-corrected chi connectivity index (χ4v) is 5.57. The molecule has 1 aliphatic carbocycles. The molecule has 0 N–H and O–H groups in total. The Balaban J connectivity index is 1.87. The summed E-state index contributed by atoms with van der Waals surface area (Å²) in [5.41, 5.74) is 4.16. The average Bonchev–Trinajstić information content (AvgIpc) is 3.15. The van der Waals surface area contributed by atoms with Crippen molar-refractivity contribution in [2.24, 2.45) is 5.41 Å². The number of ketones is 1. The van der Waals surface area contributed by atoms with Gasteiger partial charge in [-0.2, -0.15) is 5.26 Å². The van der Waals surface area contributed by atoms with E-state index in [1.165, 1.54) is 11.8 Å². The molecule has 0 spiro atoms. The second-order valence-corrected chi connectivity index (χ2v) is 10.4. The fraction of sp³-hybridized carbons (Fsp3) is 0.333. The van der Waals surface area contributed by atoms with Crippen molar-refractivity contribution >= 4 is 28.9 Å². The molecule has 1 aliphatic rings. The SMILES string of the molecule is COc1ccc(-c2c(C#N)c(SCc3csc(C)n3)nc3c2C(=O)CC(C)(C)C3)cc1. The number of methoxy groups -OCH3 is 1. The van der Waals surface area contributed by atoms with E-state index in [-0.39, 0.29) is 11.2 Å². The van der Waals surface area contributed by atoms with Crippen LogP contribution in [0.5, 0.6) is 5.75 Å². The molecule has 158 valence electrons. The van der Waals surface area contributed by atoms with Crippen molar-refractivity contribution in [3.63, 3.8) is 0 Å². The Kier molecular flexibility index (Phi) is 5.87. The van der Waals surface area contributed by atoms with E-state index in [1.807, 2.05) is 36.6 Å². The normalized spacial score (nSPS) is 14.7. The molecule has 0 aliphatic heterocycles. The number of aromatic nitrogens is 2. The number of aryl methyl sites for hydroxylation is 1. The highest BCUT2D eigenvalue weighted by molar-refractivity contribution is 7.98. The molecule has 0 bridgehead atoms. The molecule has 0 unspecified atom stereocenters. The number of hydrogen-bond donors (Lipinski definition) is 0. The standard InChI is InChI=1S/C24H23N3O2S2/c1-14-26-16(12-30-14)13-31-23-18(11-25)21(15-5-7-17(29-4)8-6-15)22-19(27-23)9-24(2,3)10-20(22)28/h5-8,12H,9-10,13H2,1-4H3. The minimum Gasteiger partial charge on any atom is -0.497 e. The second-order valence-electron chi connectivity index (χ2n) is 8.42. The number of fused-ring (bicyclic) bond motifs is 1. The maximum absolute atomic E-state index is 13.2. The maximum Gasteiger partial charge on any atom is 0.165 e. The topological polar surface area (TPSA) is 75.9 Å². The zero-order valence-corrected chi connectivity index (χ0v) is 19.6. The number of nitriles is 1. The molecule has 5 nitrogen and oxygen atoms in total. The Morgan fingerprint density at radius 1 is 1.19 bits per heavy atom. The van der Waals surface area contributed by atoms with Gasteiger partial charge in [0.2, 0.25) is 0 Å². The number of carbonyl (C=O) groups excluding carboxylic acids is 1. The third kappa shape index (κ3) is 4.36. The summed E-state index contributed by atoms with van der Waals surface area (Å²) in [6.45, 7) is 6.16. The van der Waals surface area contributed by atoms with Crippen molar-refractivity contribution in [1.82, 2.24) is 9.97 Å². The first kappa shape index (κ1) is 21.5. The van der Waals surface area contributed by atoms with Crippen LogP contribution in [0.25, 0.3) is 11.1 Å². The molecule has 0 amide bonds. The van der Waals surface area contributed by atoms with Crippen LogP contribution in [-0.4, -0.2) is 22.9 Å². The monoisotopic (exact) mass is 449 g/mol. The van der Waals surface area contributed by atoms with Crippen molar-refractivity contribution in [3.8, 4) is 22.9 Å². The molecule has 7 heteroatoms. The zero-order valence-electron chi connectivity index (χ0n) is 18.0. The molecule has 0 fully saturated rings. The van der Waals surface area contributed by atoms with Crippen LogP contribution in [0.4, 0.5) is 0 Å². The molecule has 3 aromatic rings. The van der Waals surface area contributed by atoms with Crippen LogP contribution in [0.2, 0.25) is 0 Å².